The molecule has 1 aliphatic heterocycles. The highest BCUT2D eigenvalue weighted by Crippen LogP contribution is 2.35. The Morgan fingerprint density at radius 1 is 1.33 bits per heavy atom. The summed E-state index contributed by atoms with van der Waals surface area (Å²) >= 11 is 1.73. The Balaban J connectivity index is 2.10. The molecule has 4 heteroatoms. The van der Waals surface area contributed by atoms with Gasteiger partial charge < -0.3 is 9.47 Å². The number of aryl methyl sites for hydroxylation is 1. The van der Waals surface area contributed by atoms with Crippen molar-refractivity contribution in [2.75, 3.05) is 26.1 Å². The monoisotopic (exact) mass is 266 g/mol. The number of carbonyl (C=O) groups excluding carboxylic acids is 1. The maximum absolute atomic E-state index is 11.8. The lowest BCUT2D eigenvalue weighted by Crippen LogP contribution is -2.10. The van der Waals surface area contributed by atoms with E-state index < -0.39 is 0 Å². The van der Waals surface area contributed by atoms with Crippen molar-refractivity contribution >= 4 is 17.5 Å². The number of hydrogen-bond acceptors (Lipinski definition) is 4. The maximum atomic E-state index is 11.8. The molecule has 0 saturated heterocycles. The van der Waals surface area contributed by atoms with Crippen molar-refractivity contribution in [3.05, 3.63) is 23.3 Å². The van der Waals surface area contributed by atoms with Crippen LogP contribution in [0.5, 0.6) is 5.75 Å². The molecular weight excluding hydrogens is 248 g/mol. The van der Waals surface area contributed by atoms with Crippen LogP contribution in [0, 0.1) is 6.92 Å². The molecule has 0 spiro atoms. The predicted octanol–water partition coefficient (Wildman–Crippen LogP) is 3.09. The smallest absolute Gasteiger partial charge is 0.164 e. The number of carbonyl (C=O) groups is 1. The second kappa shape index (κ2) is 6.25. The standard InChI is InChI=1S/C14H18O3S/c1-10-8-11-12(15)4-7-18-14(11)9-13(10)17-6-3-5-16-2/h8-9H,3-7H2,1-2H3. The van der Waals surface area contributed by atoms with Crippen molar-refractivity contribution in [3.8, 4) is 5.75 Å². The third-order valence-electron chi connectivity index (χ3n) is 2.91. The zero-order valence-electron chi connectivity index (χ0n) is 10.8. The van der Waals surface area contributed by atoms with Crippen molar-refractivity contribution in [1.29, 1.82) is 0 Å². The molecule has 0 aromatic heterocycles. The molecule has 98 valence electrons. The van der Waals surface area contributed by atoms with Gasteiger partial charge in [-0.05, 0) is 24.6 Å². The lowest BCUT2D eigenvalue weighted by molar-refractivity contribution is 0.0984. The van der Waals surface area contributed by atoms with Crippen molar-refractivity contribution in [1.82, 2.24) is 0 Å². The molecule has 1 aliphatic rings. The third-order valence-corrected chi connectivity index (χ3v) is 3.97. The van der Waals surface area contributed by atoms with Crippen molar-refractivity contribution in [2.45, 2.75) is 24.7 Å². The summed E-state index contributed by atoms with van der Waals surface area (Å²) in [6.45, 7) is 3.34. The molecule has 0 radical (unpaired) electrons. The molecule has 18 heavy (non-hydrogen) atoms. The number of thioether (sulfide) groups is 1. The van der Waals surface area contributed by atoms with E-state index in [-0.39, 0.29) is 5.78 Å². The quantitative estimate of drug-likeness (QED) is 0.767. The molecule has 0 saturated carbocycles. The number of ether oxygens (including phenoxy) is 2. The van der Waals surface area contributed by atoms with Gasteiger partial charge in [-0.2, -0.15) is 0 Å². The van der Waals surface area contributed by atoms with E-state index in [9.17, 15) is 4.79 Å². The van der Waals surface area contributed by atoms with E-state index in [1.807, 2.05) is 19.1 Å². The predicted molar refractivity (Wildman–Crippen MR) is 72.8 cm³/mol. The molecule has 3 nitrogen and oxygen atoms in total. The molecule has 1 heterocycles. The minimum absolute atomic E-state index is 0.248. The van der Waals surface area contributed by atoms with E-state index in [0.717, 1.165) is 33.9 Å². The Morgan fingerprint density at radius 3 is 2.94 bits per heavy atom. The third kappa shape index (κ3) is 3.06. The van der Waals surface area contributed by atoms with E-state index in [0.29, 0.717) is 19.6 Å². The van der Waals surface area contributed by atoms with Crippen LogP contribution in [-0.4, -0.2) is 31.9 Å². The zero-order chi connectivity index (χ0) is 13.0. The number of Topliss-reactive ketones (excluding diaryl/α,β-unsaturated/α-hetero) is 1. The van der Waals surface area contributed by atoms with Gasteiger partial charge in [-0.1, -0.05) is 0 Å². The molecule has 1 aromatic rings. The lowest BCUT2D eigenvalue weighted by atomic mass is 10.0. The molecular formula is C14H18O3S. The fraction of sp³-hybridized carbons (Fsp3) is 0.500. The first-order valence-electron chi connectivity index (χ1n) is 6.14. The summed E-state index contributed by atoms with van der Waals surface area (Å²) in [4.78, 5) is 12.8. The van der Waals surface area contributed by atoms with Gasteiger partial charge in [-0.15, -0.1) is 11.8 Å². The molecule has 2 rings (SSSR count). The summed E-state index contributed by atoms with van der Waals surface area (Å²) in [6.07, 6.45) is 1.52. The Bertz CT molecular complexity index is 443. The van der Waals surface area contributed by atoms with Crippen LogP contribution in [0.2, 0.25) is 0 Å². The van der Waals surface area contributed by atoms with Gasteiger partial charge in [-0.25, -0.2) is 0 Å². The van der Waals surface area contributed by atoms with E-state index in [4.69, 9.17) is 9.47 Å². The minimum atomic E-state index is 0.248. The number of methoxy groups -OCH3 is 1. The fourth-order valence-corrected chi connectivity index (χ4v) is 2.96. The Morgan fingerprint density at radius 2 is 2.17 bits per heavy atom. The largest absolute Gasteiger partial charge is 0.493 e. The highest BCUT2D eigenvalue weighted by atomic mass is 32.2. The lowest BCUT2D eigenvalue weighted by Gasteiger charge is -2.17. The number of hydrogen-bond donors (Lipinski definition) is 0. The van der Waals surface area contributed by atoms with Crippen LogP contribution in [0.25, 0.3) is 0 Å². The molecule has 0 bridgehead atoms. The van der Waals surface area contributed by atoms with Gasteiger partial charge in [0.05, 0.1) is 6.61 Å². The topological polar surface area (TPSA) is 35.5 Å². The van der Waals surface area contributed by atoms with Crippen LogP contribution in [0.15, 0.2) is 17.0 Å². The van der Waals surface area contributed by atoms with Gasteiger partial charge >= 0.3 is 0 Å². The Labute approximate surface area is 112 Å². The summed E-state index contributed by atoms with van der Waals surface area (Å²) in [5.74, 6) is 2.00. The zero-order valence-corrected chi connectivity index (χ0v) is 11.6. The number of fused-ring (bicyclic) bond motifs is 1. The highest BCUT2D eigenvalue weighted by Gasteiger charge is 2.19. The van der Waals surface area contributed by atoms with E-state index in [1.165, 1.54) is 0 Å². The van der Waals surface area contributed by atoms with E-state index >= 15 is 0 Å². The first kappa shape index (κ1) is 13.4. The van der Waals surface area contributed by atoms with Gasteiger partial charge in [0.15, 0.2) is 5.78 Å². The summed E-state index contributed by atoms with van der Waals surface area (Å²) in [7, 11) is 1.69. The van der Waals surface area contributed by atoms with Crippen LogP contribution in [0.4, 0.5) is 0 Å². The van der Waals surface area contributed by atoms with Crippen molar-refractivity contribution < 1.29 is 14.3 Å². The van der Waals surface area contributed by atoms with Gasteiger partial charge in [0.2, 0.25) is 0 Å². The van der Waals surface area contributed by atoms with Crippen LogP contribution in [0.1, 0.15) is 28.8 Å². The average molecular weight is 266 g/mol. The van der Waals surface area contributed by atoms with Crippen molar-refractivity contribution in [2.24, 2.45) is 0 Å². The summed E-state index contributed by atoms with van der Waals surface area (Å²) < 4.78 is 10.7. The molecule has 0 fully saturated rings. The Hall–Kier alpha value is -1.000. The van der Waals surface area contributed by atoms with Crippen LogP contribution in [-0.2, 0) is 4.74 Å². The summed E-state index contributed by atoms with van der Waals surface area (Å²) in [5, 5.41) is 0. The molecule has 0 N–H and O–H groups in total. The van der Waals surface area contributed by atoms with Gasteiger partial charge in [0, 0.05) is 42.8 Å². The van der Waals surface area contributed by atoms with Gasteiger partial charge in [-0.3, -0.25) is 4.79 Å². The molecule has 0 unspecified atom stereocenters. The highest BCUT2D eigenvalue weighted by molar-refractivity contribution is 7.99. The first-order valence-corrected chi connectivity index (χ1v) is 7.13. The van der Waals surface area contributed by atoms with Crippen LogP contribution < -0.4 is 4.74 Å². The molecule has 0 atom stereocenters. The molecule has 1 aromatic carbocycles. The van der Waals surface area contributed by atoms with Crippen molar-refractivity contribution in [3.63, 3.8) is 0 Å². The number of benzene rings is 1. The SMILES string of the molecule is COCCCOc1cc2c(cc1C)C(=O)CCS2. The molecule has 0 amide bonds. The van der Waals surface area contributed by atoms with Crippen LogP contribution in [0.3, 0.4) is 0 Å². The first-order chi connectivity index (χ1) is 8.72. The van der Waals surface area contributed by atoms with E-state index in [1.54, 1.807) is 18.9 Å². The average Bonchev–Trinajstić information content (AvgIpc) is 2.36. The Kier molecular flexibility index (Phi) is 4.66. The second-order valence-electron chi connectivity index (χ2n) is 4.33. The van der Waals surface area contributed by atoms with Gasteiger partial charge in [0.1, 0.15) is 5.75 Å². The summed E-state index contributed by atoms with van der Waals surface area (Å²) in [5.41, 5.74) is 1.88. The normalized spacial score (nSPS) is 14.4. The number of ketones is 1. The van der Waals surface area contributed by atoms with E-state index in [2.05, 4.69) is 0 Å². The number of rotatable bonds is 5. The fourth-order valence-electron chi connectivity index (χ4n) is 1.94. The minimum Gasteiger partial charge on any atom is -0.493 e. The van der Waals surface area contributed by atoms with Gasteiger partial charge in [0.25, 0.3) is 0 Å². The van der Waals surface area contributed by atoms with Crippen LogP contribution >= 0.6 is 11.8 Å². The second-order valence-corrected chi connectivity index (χ2v) is 5.47. The molecule has 0 aliphatic carbocycles. The maximum Gasteiger partial charge on any atom is 0.164 e. The summed E-state index contributed by atoms with van der Waals surface area (Å²) in [6, 6.07) is 3.95.